The van der Waals surface area contributed by atoms with Gasteiger partial charge >= 0.3 is 0 Å². The van der Waals surface area contributed by atoms with Crippen LogP contribution in [0.15, 0.2) is 53.6 Å². The number of nitrogens with zero attached hydrogens (tertiary/aromatic N) is 2. The van der Waals surface area contributed by atoms with Crippen molar-refractivity contribution >= 4 is 33.1 Å². The number of carbonyl (C=O) groups excluding carboxylic acids is 1. The van der Waals surface area contributed by atoms with E-state index in [0.29, 0.717) is 20.7 Å². The van der Waals surface area contributed by atoms with E-state index in [-0.39, 0.29) is 11.5 Å². The zero-order valence-corrected chi connectivity index (χ0v) is 16.3. The van der Waals surface area contributed by atoms with Crippen molar-refractivity contribution in [3.05, 3.63) is 80.7 Å². The number of carbonyl (C=O) groups is 1. The highest BCUT2D eigenvalue weighted by Crippen LogP contribution is 2.37. The van der Waals surface area contributed by atoms with Crippen LogP contribution >= 0.6 is 11.3 Å². The van der Waals surface area contributed by atoms with Crippen molar-refractivity contribution in [2.45, 2.75) is 13.3 Å². The van der Waals surface area contributed by atoms with Gasteiger partial charge in [0, 0.05) is 12.7 Å². The maximum atomic E-state index is 12.9. The molecule has 4 aromatic rings. The lowest BCUT2D eigenvalue weighted by Gasteiger charge is -2.07. The first-order chi connectivity index (χ1) is 13.5. The van der Waals surface area contributed by atoms with Crippen LogP contribution in [0.1, 0.15) is 26.4 Å². The Balaban J connectivity index is 1.48. The van der Waals surface area contributed by atoms with Gasteiger partial charge in [0.1, 0.15) is 4.83 Å². The van der Waals surface area contributed by atoms with Crippen LogP contribution in [0, 0.1) is 6.92 Å². The van der Waals surface area contributed by atoms with Gasteiger partial charge in [-0.05, 0) is 53.3 Å². The summed E-state index contributed by atoms with van der Waals surface area (Å²) in [4.78, 5) is 30.7. The topological polar surface area (TPSA) is 64.0 Å². The molecular weight excluding hydrogens is 370 g/mol. The maximum Gasteiger partial charge on any atom is 0.266 e. The fourth-order valence-electron chi connectivity index (χ4n) is 3.84. The standard InChI is InChI=1S/C22H17N3O2S/c1-12-18-21(23-11-25(2)22(18)27)28-19(12)20(26)24-15-7-8-17-14(10-15)9-13-5-3-4-6-16(13)17/h3-8,10-11H,9H2,1-2H3,(H,24,26). The first-order valence-electron chi connectivity index (χ1n) is 9.00. The molecule has 2 heterocycles. The molecule has 28 heavy (non-hydrogen) atoms. The van der Waals surface area contributed by atoms with E-state index in [9.17, 15) is 9.59 Å². The summed E-state index contributed by atoms with van der Waals surface area (Å²) in [5, 5.41) is 3.50. The van der Waals surface area contributed by atoms with E-state index in [1.807, 2.05) is 18.2 Å². The van der Waals surface area contributed by atoms with Gasteiger partial charge in [-0.25, -0.2) is 4.98 Å². The van der Waals surface area contributed by atoms with E-state index in [0.717, 1.165) is 12.1 Å². The highest BCUT2D eigenvalue weighted by Gasteiger charge is 2.21. The lowest BCUT2D eigenvalue weighted by atomic mass is 10.1. The highest BCUT2D eigenvalue weighted by molar-refractivity contribution is 7.20. The van der Waals surface area contributed by atoms with E-state index in [1.165, 1.54) is 44.5 Å². The zero-order valence-electron chi connectivity index (χ0n) is 15.4. The molecule has 5 nitrogen and oxygen atoms in total. The Hall–Kier alpha value is -3.25. The zero-order chi connectivity index (χ0) is 19.4. The molecule has 0 unspecified atom stereocenters. The average molecular weight is 387 g/mol. The number of hydrogen-bond donors (Lipinski definition) is 1. The van der Waals surface area contributed by atoms with Crippen molar-refractivity contribution in [3.8, 4) is 11.1 Å². The van der Waals surface area contributed by atoms with E-state index in [4.69, 9.17) is 0 Å². The largest absolute Gasteiger partial charge is 0.321 e. The molecule has 2 aromatic heterocycles. The maximum absolute atomic E-state index is 12.9. The number of amides is 1. The van der Waals surface area contributed by atoms with Crippen LogP contribution in [0.4, 0.5) is 5.69 Å². The fraction of sp³-hybridized carbons (Fsp3) is 0.136. The minimum absolute atomic E-state index is 0.131. The van der Waals surface area contributed by atoms with Crippen LogP contribution in [-0.2, 0) is 13.5 Å². The molecule has 1 amide bonds. The number of fused-ring (bicyclic) bond motifs is 4. The molecule has 0 aliphatic heterocycles. The molecule has 0 saturated heterocycles. The smallest absolute Gasteiger partial charge is 0.266 e. The Morgan fingerprint density at radius 2 is 1.93 bits per heavy atom. The summed E-state index contributed by atoms with van der Waals surface area (Å²) in [6.07, 6.45) is 2.36. The first kappa shape index (κ1) is 16.9. The molecule has 1 N–H and O–H groups in total. The molecule has 0 spiro atoms. The Labute approximate surface area is 165 Å². The minimum Gasteiger partial charge on any atom is -0.321 e. The Morgan fingerprint density at radius 1 is 1.14 bits per heavy atom. The molecule has 0 bridgehead atoms. The van der Waals surface area contributed by atoms with Crippen LogP contribution in [0.5, 0.6) is 0 Å². The summed E-state index contributed by atoms with van der Waals surface area (Å²) in [6.45, 7) is 1.80. The second kappa shape index (κ2) is 6.14. The molecule has 6 heteroatoms. The second-order valence-corrected chi connectivity index (χ2v) is 8.06. The van der Waals surface area contributed by atoms with Crippen molar-refractivity contribution in [1.29, 1.82) is 0 Å². The van der Waals surface area contributed by atoms with E-state index in [1.54, 1.807) is 14.0 Å². The molecule has 138 valence electrons. The van der Waals surface area contributed by atoms with Crippen LogP contribution in [-0.4, -0.2) is 15.5 Å². The number of rotatable bonds is 2. The van der Waals surface area contributed by atoms with E-state index in [2.05, 4.69) is 34.6 Å². The second-order valence-electron chi connectivity index (χ2n) is 7.06. The lowest BCUT2D eigenvalue weighted by Crippen LogP contribution is -2.17. The van der Waals surface area contributed by atoms with Gasteiger partial charge in [0.2, 0.25) is 0 Å². The third-order valence-corrected chi connectivity index (χ3v) is 6.47. The molecule has 2 aromatic carbocycles. The molecule has 0 fully saturated rings. The Morgan fingerprint density at radius 3 is 2.79 bits per heavy atom. The summed E-state index contributed by atoms with van der Waals surface area (Å²) in [5.41, 5.74) is 6.31. The van der Waals surface area contributed by atoms with Gasteiger partial charge in [-0.3, -0.25) is 9.59 Å². The molecule has 0 atom stereocenters. The Bertz CT molecular complexity index is 1330. The van der Waals surface area contributed by atoms with Crippen LogP contribution in [0.25, 0.3) is 21.3 Å². The van der Waals surface area contributed by atoms with Gasteiger partial charge in [0.25, 0.3) is 11.5 Å². The van der Waals surface area contributed by atoms with Gasteiger partial charge in [0.15, 0.2) is 0 Å². The van der Waals surface area contributed by atoms with Crippen molar-refractivity contribution in [1.82, 2.24) is 9.55 Å². The summed E-state index contributed by atoms with van der Waals surface area (Å²) < 4.78 is 1.43. The van der Waals surface area contributed by atoms with Crippen LogP contribution in [0.3, 0.4) is 0 Å². The lowest BCUT2D eigenvalue weighted by molar-refractivity contribution is 0.103. The van der Waals surface area contributed by atoms with Gasteiger partial charge in [-0.2, -0.15) is 0 Å². The minimum atomic E-state index is -0.210. The van der Waals surface area contributed by atoms with Crippen molar-refractivity contribution in [3.63, 3.8) is 0 Å². The molecule has 5 rings (SSSR count). The average Bonchev–Trinajstić information content (AvgIpc) is 3.22. The molecule has 1 aliphatic carbocycles. The molecular formula is C22H17N3O2S. The number of benzene rings is 2. The third-order valence-electron chi connectivity index (χ3n) is 5.27. The third kappa shape index (κ3) is 2.49. The van der Waals surface area contributed by atoms with Gasteiger partial charge in [-0.1, -0.05) is 30.3 Å². The van der Waals surface area contributed by atoms with E-state index >= 15 is 0 Å². The predicted molar refractivity (Wildman–Crippen MR) is 112 cm³/mol. The van der Waals surface area contributed by atoms with Crippen molar-refractivity contribution < 1.29 is 4.79 Å². The van der Waals surface area contributed by atoms with Gasteiger partial charge < -0.3 is 9.88 Å². The summed E-state index contributed by atoms with van der Waals surface area (Å²) in [5.74, 6) is -0.210. The fourth-order valence-corrected chi connectivity index (χ4v) is 4.87. The summed E-state index contributed by atoms with van der Waals surface area (Å²) in [6, 6.07) is 14.4. The normalized spacial score (nSPS) is 12.1. The highest BCUT2D eigenvalue weighted by atomic mass is 32.1. The first-order valence-corrected chi connectivity index (χ1v) is 9.82. The summed E-state index contributed by atoms with van der Waals surface area (Å²) in [7, 11) is 1.66. The quantitative estimate of drug-likeness (QED) is 0.495. The number of aryl methyl sites for hydroxylation is 2. The van der Waals surface area contributed by atoms with Crippen molar-refractivity contribution in [2.75, 3.05) is 5.32 Å². The van der Waals surface area contributed by atoms with Gasteiger partial charge in [0.05, 0.1) is 16.6 Å². The molecule has 0 saturated carbocycles. The van der Waals surface area contributed by atoms with E-state index < -0.39 is 0 Å². The van der Waals surface area contributed by atoms with Crippen molar-refractivity contribution in [2.24, 2.45) is 7.05 Å². The monoisotopic (exact) mass is 387 g/mol. The van der Waals surface area contributed by atoms with Crippen LogP contribution in [0.2, 0.25) is 0 Å². The predicted octanol–water partition coefficient (Wildman–Crippen LogP) is 4.13. The molecule has 0 radical (unpaired) electrons. The number of nitrogens with one attached hydrogen (secondary N) is 1. The van der Waals surface area contributed by atoms with Gasteiger partial charge in [-0.15, -0.1) is 11.3 Å². The number of anilines is 1. The summed E-state index contributed by atoms with van der Waals surface area (Å²) >= 11 is 1.25. The number of aromatic nitrogens is 2. The molecule has 1 aliphatic rings. The number of thiophene rings is 1. The van der Waals surface area contributed by atoms with Crippen LogP contribution < -0.4 is 10.9 Å². The number of hydrogen-bond acceptors (Lipinski definition) is 4. The SMILES string of the molecule is Cc1c(C(=O)Nc2ccc3c(c2)Cc2ccccc2-3)sc2ncn(C)c(=O)c12. The Kier molecular flexibility index (Phi) is 3.70.